The Morgan fingerprint density at radius 1 is 1.61 bits per heavy atom. The summed E-state index contributed by atoms with van der Waals surface area (Å²) in [6.07, 6.45) is -2.16. The number of carbonyl (C=O) groups is 1. The smallest absolute Gasteiger partial charge is 0.350 e. The van der Waals surface area contributed by atoms with Crippen LogP contribution in [0.5, 0.6) is 0 Å². The zero-order valence-electron chi connectivity index (χ0n) is 12.5. The summed E-state index contributed by atoms with van der Waals surface area (Å²) < 4.78 is 20.6. The standard InChI is InChI=1S/C13H18FN3O5S/c1-6(2)11(20)22-5-13(14)9(19)8(18)10(23-13)17-4-3-7(15)16-12(17)21/h3-4,6,8-10,18-19H,5H2,1-2H3,(H2,15,16,21)/t8?,9?,10-,13-/m1/s1. The number of alkyl halides is 1. The van der Waals surface area contributed by atoms with E-state index in [1.165, 1.54) is 12.3 Å². The number of aliphatic hydroxyl groups is 2. The van der Waals surface area contributed by atoms with Crippen molar-refractivity contribution in [1.82, 2.24) is 9.55 Å². The number of rotatable bonds is 4. The quantitative estimate of drug-likeness (QED) is 0.631. The summed E-state index contributed by atoms with van der Waals surface area (Å²) in [6, 6.07) is 1.32. The summed E-state index contributed by atoms with van der Waals surface area (Å²) in [7, 11) is 0. The van der Waals surface area contributed by atoms with E-state index in [2.05, 4.69) is 4.98 Å². The molecule has 1 aromatic rings. The van der Waals surface area contributed by atoms with E-state index in [1.54, 1.807) is 13.8 Å². The molecule has 1 saturated heterocycles. The fourth-order valence-electron chi connectivity index (χ4n) is 2.05. The lowest BCUT2D eigenvalue weighted by atomic mass is 10.1. The molecule has 1 aliphatic rings. The summed E-state index contributed by atoms with van der Waals surface area (Å²) in [5, 5.41) is 16.4. The van der Waals surface area contributed by atoms with Crippen molar-refractivity contribution in [3.05, 3.63) is 22.7 Å². The van der Waals surface area contributed by atoms with Crippen molar-refractivity contribution in [2.45, 2.75) is 36.4 Å². The molecule has 2 unspecified atom stereocenters. The molecule has 2 heterocycles. The van der Waals surface area contributed by atoms with E-state index >= 15 is 0 Å². The zero-order valence-corrected chi connectivity index (χ0v) is 13.4. The van der Waals surface area contributed by atoms with Crippen LogP contribution in [0.4, 0.5) is 10.2 Å². The van der Waals surface area contributed by atoms with Gasteiger partial charge in [0.2, 0.25) is 5.00 Å². The van der Waals surface area contributed by atoms with Crippen LogP contribution < -0.4 is 11.4 Å². The molecular weight excluding hydrogens is 329 g/mol. The number of halogens is 1. The van der Waals surface area contributed by atoms with E-state index in [9.17, 15) is 24.2 Å². The lowest BCUT2D eigenvalue weighted by molar-refractivity contribution is -0.152. The van der Waals surface area contributed by atoms with Gasteiger partial charge in [0.05, 0.1) is 5.92 Å². The normalized spacial score (nSPS) is 30.6. The van der Waals surface area contributed by atoms with Crippen molar-refractivity contribution in [2.75, 3.05) is 12.3 Å². The van der Waals surface area contributed by atoms with Gasteiger partial charge >= 0.3 is 11.7 Å². The minimum atomic E-state index is -2.44. The van der Waals surface area contributed by atoms with Gasteiger partial charge in [0.15, 0.2) is 0 Å². The highest BCUT2D eigenvalue weighted by molar-refractivity contribution is 8.00. The summed E-state index contributed by atoms with van der Waals surface area (Å²) in [5.41, 5.74) is 4.60. The van der Waals surface area contributed by atoms with Crippen molar-refractivity contribution < 1.29 is 24.1 Å². The van der Waals surface area contributed by atoms with E-state index < -0.39 is 46.8 Å². The molecule has 23 heavy (non-hydrogen) atoms. The Morgan fingerprint density at radius 2 is 2.26 bits per heavy atom. The van der Waals surface area contributed by atoms with Crippen LogP contribution >= 0.6 is 11.8 Å². The number of nitrogens with two attached hydrogens (primary N) is 1. The number of hydrogen-bond donors (Lipinski definition) is 3. The van der Waals surface area contributed by atoms with Crippen LogP contribution in [0.3, 0.4) is 0 Å². The Labute approximate surface area is 135 Å². The second kappa shape index (κ2) is 6.46. The molecule has 0 amide bonds. The Morgan fingerprint density at radius 3 is 2.83 bits per heavy atom. The molecule has 0 aliphatic carbocycles. The first-order valence-electron chi connectivity index (χ1n) is 6.90. The number of ether oxygens (including phenoxy) is 1. The van der Waals surface area contributed by atoms with E-state index in [1.807, 2.05) is 0 Å². The van der Waals surface area contributed by atoms with Crippen LogP contribution in [-0.2, 0) is 9.53 Å². The summed E-state index contributed by atoms with van der Waals surface area (Å²) in [5.74, 6) is -1.09. The second-order valence-electron chi connectivity index (χ2n) is 5.53. The molecule has 0 radical (unpaired) electrons. The number of anilines is 1. The van der Waals surface area contributed by atoms with Gasteiger partial charge < -0.3 is 20.7 Å². The van der Waals surface area contributed by atoms with E-state index in [-0.39, 0.29) is 5.82 Å². The Bertz CT molecular complexity index is 655. The highest BCUT2D eigenvalue weighted by atomic mass is 32.2. The fraction of sp³-hybridized carbons (Fsp3) is 0.615. The monoisotopic (exact) mass is 347 g/mol. The van der Waals surface area contributed by atoms with Crippen molar-refractivity contribution >= 4 is 23.5 Å². The van der Waals surface area contributed by atoms with E-state index in [0.29, 0.717) is 11.8 Å². The van der Waals surface area contributed by atoms with Crippen molar-refractivity contribution in [3.8, 4) is 0 Å². The predicted molar refractivity (Wildman–Crippen MR) is 81.2 cm³/mol. The van der Waals surface area contributed by atoms with Gasteiger partial charge in [-0.05, 0) is 6.07 Å². The molecule has 1 aliphatic heterocycles. The van der Waals surface area contributed by atoms with Crippen molar-refractivity contribution in [1.29, 1.82) is 0 Å². The van der Waals surface area contributed by atoms with Gasteiger partial charge in [-0.25, -0.2) is 9.18 Å². The highest BCUT2D eigenvalue weighted by Crippen LogP contribution is 2.50. The average molecular weight is 347 g/mol. The van der Waals surface area contributed by atoms with E-state index in [4.69, 9.17) is 10.5 Å². The first-order chi connectivity index (χ1) is 10.7. The minimum Gasteiger partial charge on any atom is -0.461 e. The van der Waals surface area contributed by atoms with Crippen LogP contribution in [0.2, 0.25) is 0 Å². The van der Waals surface area contributed by atoms with Crippen molar-refractivity contribution in [3.63, 3.8) is 0 Å². The van der Waals surface area contributed by atoms with Gasteiger partial charge in [0.25, 0.3) is 0 Å². The Hall–Kier alpha value is -1.65. The number of nitrogens with zero attached hydrogens (tertiary/aromatic N) is 2. The van der Waals surface area contributed by atoms with Gasteiger partial charge in [-0.15, -0.1) is 0 Å². The molecule has 2 rings (SSSR count). The molecule has 0 saturated carbocycles. The topological polar surface area (TPSA) is 128 Å². The molecule has 10 heteroatoms. The third kappa shape index (κ3) is 3.48. The number of hydrogen-bond acceptors (Lipinski definition) is 8. The molecule has 1 aromatic heterocycles. The number of nitrogen functional groups attached to an aromatic ring is 1. The van der Waals surface area contributed by atoms with Gasteiger partial charge in [0.1, 0.15) is 30.0 Å². The maximum atomic E-state index is 14.8. The highest BCUT2D eigenvalue weighted by Gasteiger charge is 2.56. The number of aliphatic hydroxyl groups excluding tert-OH is 2. The number of thioether (sulfide) groups is 1. The van der Waals surface area contributed by atoms with Crippen LogP contribution in [-0.4, -0.2) is 49.5 Å². The lowest BCUT2D eigenvalue weighted by Crippen LogP contribution is -2.42. The summed E-state index contributed by atoms with van der Waals surface area (Å²) in [6.45, 7) is 2.44. The lowest BCUT2D eigenvalue weighted by Gasteiger charge is -2.23. The van der Waals surface area contributed by atoms with Crippen LogP contribution in [0.25, 0.3) is 0 Å². The third-order valence-electron chi connectivity index (χ3n) is 3.38. The molecule has 0 aromatic carbocycles. The molecule has 8 nitrogen and oxygen atoms in total. The SMILES string of the molecule is CC(C)C(=O)OC[C@@]1(F)S[C@@H](n2ccc(N)nc2=O)C(O)C1O. The zero-order chi connectivity index (χ0) is 17.4. The molecule has 0 spiro atoms. The van der Waals surface area contributed by atoms with Gasteiger partial charge in [0, 0.05) is 6.20 Å². The first-order valence-corrected chi connectivity index (χ1v) is 7.78. The largest absolute Gasteiger partial charge is 0.461 e. The second-order valence-corrected chi connectivity index (χ2v) is 6.93. The van der Waals surface area contributed by atoms with Crippen molar-refractivity contribution in [2.24, 2.45) is 5.92 Å². The molecule has 4 atom stereocenters. The predicted octanol–water partition coefficient (Wildman–Crippen LogP) is -0.342. The number of esters is 1. The van der Waals surface area contributed by atoms with Gasteiger partial charge in [-0.2, -0.15) is 4.98 Å². The molecule has 128 valence electrons. The summed E-state index contributed by atoms with van der Waals surface area (Å²) >= 11 is 0.494. The van der Waals surface area contributed by atoms with Crippen LogP contribution in [0.1, 0.15) is 19.2 Å². The third-order valence-corrected chi connectivity index (χ3v) is 4.88. The van der Waals surface area contributed by atoms with Gasteiger partial charge in [-0.3, -0.25) is 9.36 Å². The fourth-order valence-corrected chi connectivity index (χ4v) is 3.42. The molecule has 0 bridgehead atoms. The van der Waals surface area contributed by atoms with E-state index in [0.717, 1.165) is 4.57 Å². The number of aromatic nitrogens is 2. The Balaban J connectivity index is 2.20. The summed E-state index contributed by atoms with van der Waals surface area (Å²) in [4.78, 5) is 26.7. The first kappa shape index (κ1) is 17.7. The Kier molecular flexibility index (Phi) is 4.97. The molecular formula is C13H18FN3O5S. The van der Waals surface area contributed by atoms with Gasteiger partial charge in [-0.1, -0.05) is 25.6 Å². The average Bonchev–Trinajstić information content (AvgIpc) is 2.70. The molecule has 1 fully saturated rings. The van der Waals surface area contributed by atoms with Crippen LogP contribution in [0, 0.1) is 5.92 Å². The maximum absolute atomic E-state index is 14.8. The molecule has 4 N–H and O–H groups in total. The minimum absolute atomic E-state index is 0.0124. The van der Waals surface area contributed by atoms with Crippen LogP contribution in [0.15, 0.2) is 17.1 Å². The maximum Gasteiger partial charge on any atom is 0.350 e. The number of carbonyl (C=O) groups excluding carboxylic acids is 1.